The fourth-order valence-corrected chi connectivity index (χ4v) is 2.81. The number of hydrogen-bond donors (Lipinski definition) is 0. The van der Waals surface area contributed by atoms with Crippen LogP contribution in [0.15, 0.2) is 61.1 Å². The minimum atomic E-state index is -0.0688. The van der Waals surface area contributed by atoms with E-state index < -0.39 is 0 Å². The summed E-state index contributed by atoms with van der Waals surface area (Å²) in [5.74, 6) is 0.482. The van der Waals surface area contributed by atoms with Crippen molar-refractivity contribution in [3.05, 3.63) is 87.8 Å². The van der Waals surface area contributed by atoms with Gasteiger partial charge in [-0.2, -0.15) is 0 Å². The second-order valence-corrected chi connectivity index (χ2v) is 5.90. The van der Waals surface area contributed by atoms with Crippen molar-refractivity contribution in [1.82, 2.24) is 9.97 Å². The van der Waals surface area contributed by atoms with E-state index in [1.54, 1.807) is 13.3 Å². The molecule has 3 rings (SSSR count). The Bertz CT molecular complexity index is 743. The van der Waals surface area contributed by atoms with Crippen LogP contribution in [0.5, 0.6) is 5.88 Å². The molecule has 0 unspecified atom stereocenters. The van der Waals surface area contributed by atoms with Gasteiger partial charge in [-0.3, -0.25) is 0 Å². The standard InChI is InChI=1S/C18H14Cl2N2O/c1-23-18-16(10-21-11-22-18)17(12-2-6-14(19)7-3-12)13-4-8-15(20)9-5-13/h2-11,17H,1H3. The number of rotatable bonds is 4. The van der Waals surface area contributed by atoms with Gasteiger partial charge in [0, 0.05) is 27.7 Å². The minimum Gasteiger partial charge on any atom is -0.481 e. The summed E-state index contributed by atoms with van der Waals surface area (Å²) < 4.78 is 5.41. The second-order valence-electron chi connectivity index (χ2n) is 5.02. The van der Waals surface area contributed by atoms with Gasteiger partial charge in [-0.05, 0) is 35.4 Å². The van der Waals surface area contributed by atoms with Crippen LogP contribution in [0, 0.1) is 0 Å². The van der Waals surface area contributed by atoms with Gasteiger partial charge in [0.1, 0.15) is 6.33 Å². The Morgan fingerprint density at radius 2 is 1.39 bits per heavy atom. The van der Waals surface area contributed by atoms with Crippen molar-refractivity contribution in [2.75, 3.05) is 7.11 Å². The lowest BCUT2D eigenvalue weighted by Crippen LogP contribution is -2.07. The first-order chi connectivity index (χ1) is 11.2. The summed E-state index contributed by atoms with van der Waals surface area (Å²) in [6.45, 7) is 0. The van der Waals surface area contributed by atoms with E-state index in [2.05, 4.69) is 9.97 Å². The average Bonchev–Trinajstić information content (AvgIpc) is 2.59. The molecule has 0 saturated carbocycles. The van der Waals surface area contributed by atoms with E-state index in [0.717, 1.165) is 16.7 Å². The van der Waals surface area contributed by atoms with Gasteiger partial charge in [-0.1, -0.05) is 47.5 Å². The number of hydrogen-bond acceptors (Lipinski definition) is 3. The van der Waals surface area contributed by atoms with E-state index >= 15 is 0 Å². The Balaban J connectivity index is 2.17. The van der Waals surface area contributed by atoms with Gasteiger partial charge in [-0.15, -0.1) is 0 Å². The van der Waals surface area contributed by atoms with Gasteiger partial charge in [0.15, 0.2) is 0 Å². The summed E-state index contributed by atoms with van der Waals surface area (Å²) >= 11 is 12.0. The number of aromatic nitrogens is 2. The molecule has 5 heteroatoms. The van der Waals surface area contributed by atoms with Crippen LogP contribution in [0.25, 0.3) is 0 Å². The Morgan fingerprint density at radius 1 is 0.870 bits per heavy atom. The molecule has 0 N–H and O–H groups in total. The van der Waals surface area contributed by atoms with Crippen LogP contribution < -0.4 is 4.74 Å². The maximum absolute atomic E-state index is 6.02. The first kappa shape index (κ1) is 15.8. The number of ether oxygens (including phenoxy) is 1. The van der Waals surface area contributed by atoms with Crippen LogP contribution in [0.1, 0.15) is 22.6 Å². The first-order valence-corrected chi connectivity index (χ1v) is 7.79. The highest BCUT2D eigenvalue weighted by Gasteiger charge is 2.21. The van der Waals surface area contributed by atoms with Crippen LogP contribution in [0.4, 0.5) is 0 Å². The van der Waals surface area contributed by atoms with Crippen LogP contribution in [-0.2, 0) is 0 Å². The van der Waals surface area contributed by atoms with E-state index in [1.807, 2.05) is 48.5 Å². The summed E-state index contributed by atoms with van der Waals surface area (Å²) in [6, 6.07) is 15.5. The van der Waals surface area contributed by atoms with Gasteiger partial charge in [-0.25, -0.2) is 9.97 Å². The normalized spacial score (nSPS) is 10.8. The van der Waals surface area contributed by atoms with Gasteiger partial charge in [0.2, 0.25) is 5.88 Å². The topological polar surface area (TPSA) is 35.0 Å². The molecule has 3 nitrogen and oxygen atoms in total. The smallest absolute Gasteiger partial charge is 0.220 e. The fraction of sp³-hybridized carbons (Fsp3) is 0.111. The van der Waals surface area contributed by atoms with Crippen LogP contribution in [0.2, 0.25) is 10.0 Å². The van der Waals surface area contributed by atoms with Crippen molar-refractivity contribution in [1.29, 1.82) is 0 Å². The number of benzene rings is 2. The molecule has 0 amide bonds. The zero-order valence-corrected chi connectivity index (χ0v) is 13.9. The van der Waals surface area contributed by atoms with Gasteiger partial charge >= 0.3 is 0 Å². The molecule has 0 aliphatic rings. The summed E-state index contributed by atoms with van der Waals surface area (Å²) in [6.07, 6.45) is 3.25. The highest BCUT2D eigenvalue weighted by Crippen LogP contribution is 2.36. The quantitative estimate of drug-likeness (QED) is 0.669. The Labute approximate surface area is 144 Å². The van der Waals surface area contributed by atoms with E-state index in [9.17, 15) is 0 Å². The maximum atomic E-state index is 6.02. The summed E-state index contributed by atoms with van der Waals surface area (Å²) in [5.41, 5.74) is 3.04. The van der Waals surface area contributed by atoms with Crippen molar-refractivity contribution in [3.63, 3.8) is 0 Å². The molecule has 1 aromatic heterocycles. The summed E-state index contributed by atoms with van der Waals surface area (Å²) in [5, 5.41) is 1.39. The highest BCUT2D eigenvalue weighted by atomic mass is 35.5. The molecular formula is C18H14Cl2N2O. The number of methoxy groups -OCH3 is 1. The molecule has 0 aliphatic carbocycles. The Hall–Kier alpha value is -2.10. The van der Waals surface area contributed by atoms with Crippen molar-refractivity contribution in [2.45, 2.75) is 5.92 Å². The third-order valence-corrected chi connectivity index (χ3v) is 4.12. The predicted molar refractivity (Wildman–Crippen MR) is 92.4 cm³/mol. The molecule has 2 aromatic carbocycles. The predicted octanol–water partition coefficient (Wildman–Crippen LogP) is 4.97. The van der Waals surface area contributed by atoms with Gasteiger partial charge < -0.3 is 4.74 Å². The molecule has 0 aliphatic heterocycles. The molecule has 116 valence electrons. The molecule has 0 atom stereocenters. The molecule has 0 fully saturated rings. The van der Waals surface area contributed by atoms with Crippen molar-refractivity contribution in [2.24, 2.45) is 0 Å². The molecule has 0 bridgehead atoms. The average molecular weight is 345 g/mol. The largest absolute Gasteiger partial charge is 0.481 e. The molecular weight excluding hydrogens is 331 g/mol. The second kappa shape index (κ2) is 6.99. The van der Waals surface area contributed by atoms with Crippen LogP contribution in [-0.4, -0.2) is 17.1 Å². The number of halogens is 2. The lowest BCUT2D eigenvalue weighted by atomic mass is 9.86. The lowest BCUT2D eigenvalue weighted by molar-refractivity contribution is 0.390. The molecule has 0 saturated heterocycles. The molecule has 23 heavy (non-hydrogen) atoms. The van der Waals surface area contributed by atoms with Gasteiger partial charge in [0.05, 0.1) is 7.11 Å². The van der Waals surface area contributed by atoms with E-state index in [0.29, 0.717) is 15.9 Å². The molecule has 3 aromatic rings. The minimum absolute atomic E-state index is 0.0688. The SMILES string of the molecule is COc1ncncc1C(c1ccc(Cl)cc1)c1ccc(Cl)cc1. The van der Waals surface area contributed by atoms with Gasteiger partial charge in [0.25, 0.3) is 0 Å². The van der Waals surface area contributed by atoms with E-state index in [1.165, 1.54) is 6.33 Å². The molecule has 0 radical (unpaired) electrons. The third kappa shape index (κ3) is 3.46. The van der Waals surface area contributed by atoms with Crippen LogP contribution >= 0.6 is 23.2 Å². The fourth-order valence-electron chi connectivity index (χ4n) is 2.56. The Morgan fingerprint density at radius 3 is 1.87 bits per heavy atom. The zero-order valence-electron chi connectivity index (χ0n) is 12.4. The first-order valence-electron chi connectivity index (χ1n) is 7.04. The summed E-state index contributed by atoms with van der Waals surface area (Å²) in [4.78, 5) is 8.38. The Kier molecular flexibility index (Phi) is 4.79. The molecule has 1 heterocycles. The maximum Gasteiger partial charge on any atom is 0.220 e. The summed E-state index contributed by atoms with van der Waals surface area (Å²) in [7, 11) is 1.60. The van der Waals surface area contributed by atoms with Crippen molar-refractivity contribution >= 4 is 23.2 Å². The lowest BCUT2D eigenvalue weighted by Gasteiger charge is -2.20. The van der Waals surface area contributed by atoms with E-state index in [-0.39, 0.29) is 5.92 Å². The van der Waals surface area contributed by atoms with Crippen LogP contribution in [0.3, 0.4) is 0 Å². The molecule has 0 spiro atoms. The van der Waals surface area contributed by atoms with Crippen molar-refractivity contribution in [3.8, 4) is 5.88 Å². The van der Waals surface area contributed by atoms with Crippen molar-refractivity contribution < 1.29 is 4.74 Å². The van der Waals surface area contributed by atoms with E-state index in [4.69, 9.17) is 27.9 Å². The third-order valence-electron chi connectivity index (χ3n) is 3.61. The zero-order chi connectivity index (χ0) is 16.2. The number of nitrogens with zero attached hydrogens (tertiary/aromatic N) is 2. The highest BCUT2D eigenvalue weighted by molar-refractivity contribution is 6.30. The monoisotopic (exact) mass is 344 g/mol.